The second kappa shape index (κ2) is 72.0. The lowest BCUT2D eigenvalue weighted by atomic mass is 9.97. The van der Waals surface area contributed by atoms with E-state index in [1.807, 2.05) is 6.08 Å². The van der Waals surface area contributed by atoms with E-state index in [1.54, 1.807) is 6.08 Å². The Labute approximate surface area is 634 Å². The third-order valence-electron chi connectivity index (χ3n) is 19.8. The van der Waals surface area contributed by atoms with Gasteiger partial charge in [-0.05, 0) is 96.3 Å². The van der Waals surface area contributed by atoms with Crippen LogP contribution >= 0.6 is 0 Å². The van der Waals surface area contributed by atoms with Crippen LogP contribution in [0.5, 0.6) is 0 Å². The summed E-state index contributed by atoms with van der Waals surface area (Å²) >= 11 is 0. The van der Waals surface area contributed by atoms with Crippen LogP contribution in [0.3, 0.4) is 0 Å². The summed E-state index contributed by atoms with van der Waals surface area (Å²) in [6.07, 6.45) is 91.0. The van der Waals surface area contributed by atoms with Crippen LogP contribution in [0.4, 0.5) is 0 Å². The fraction of sp³-hybridized carbons (Fsp3) is 0.744. The maximum absolute atomic E-state index is 13.4. The zero-order valence-electron chi connectivity index (χ0n) is 65.7. The molecule has 0 aromatic rings. The van der Waals surface area contributed by atoms with Gasteiger partial charge in [0, 0.05) is 6.42 Å². The van der Waals surface area contributed by atoms with Gasteiger partial charge in [0.15, 0.2) is 12.6 Å². The molecule has 2 aliphatic heterocycles. The Kier molecular flexibility index (Phi) is 66.6. The number of rotatable bonds is 70. The highest BCUT2D eigenvalue weighted by Crippen LogP contribution is 2.30. The molecule has 0 aromatic heterocycles. The number of carbonyl (C=O) groups excluding carboxylic acids is 1. The number of ether oxygens (including phenoxy) is 4. The number of hydrogen-bond acceptors (Lipinski definition) is 13. The predicted molar refractivity (Wildman–Crippen MR) is 433 cm³/mol. The van der Waals surface area contributed by atoms with Crippen LogP contribution in [0, 0.1) is 0 Å². The SMILES string of the molecule is CC/C=C\C/C=C\C/C=C\C/C=C\C/C=C\C/C=C\C/C=C\C/C=C\C/C=C\C/C=C\CCCCCCCCC(=O)NC(COC1OC(CO)C(OC2OC(CO)C(O)C(O)C2O)C(O)C1O)C(O)/C=C/CCCCCCCCCCCCCCCCCCCCCCCCCCCCCCCCC. The number of aliphatic hydroxyl groups is 8. The highest BCUT2D eigenvalue weighted by atomic mass is 16.7. The molecule has 0 aromatic carbocycles. The molecule has 598 valence electrons. The minimum Gasteiger partial charge on any atom is -0.394 e. The Morgan fingerprint density at radius 3 is 1.02 bits per heavy atom. The molecular weight excluding hydrogens is 1300 g/mol. The topological polar surface area (TPSA) is 228 Å². The summed E-state index contributed by atoms with van der Waals surface area (Å²) in [6.45, 7) is 2.71. The zero-order chi connectivity index (χ0) is 75.1. The molecule has 0 radical (unpaired) electrons. The van der Waals surface area contributed by atoms with Gasteiger partial charge < -0.3 is 65.1 Å². The van der Waals surface area contributed by atoms with Crippen molar-refractivity contribution in [2.75, 3.05) is 19.8 Å². The van der Waals surface area contributed by atoms with Gasteiger partial charge in [0.2, 0.25) is 5.91 Å². The Balaban J connectivity index is 1.63. The van der Waals surface area contributed by atoms with Crippen LogP contribution in [0.1, 0.15) is 335 Å². The summed E-state index contributed by atoms with van der Waals surface area (Å²) in [4.78, 5) is 13.4. The number of nitrogens with one attached hydrogen (secondary N) is 1. The van der Waals surface area contributed by atoms with E-state index >= 15 is 0 Å². The fourth-order valence-electron chi connectivity index (χ4n) is 13.2. The van der Waals surface area contributed by atoms with E-state index in [1.165, 1.54) is 186 Å². The van der Waals surface area contributed by atoms with Crippen LogP contribution < -0.4 is 5.32 Å². The van der Waals surface area contributed by atoms with Crippen molar-refractivity contribution in [1.29, 1.82) is 0 Å². The van der Waals surface area contributed by atoms with Gasteiger partial charge in [0.1, 0.15) is 48.8 Å². The molecule has 14 nitrogen and oxygen atoms in total. The van der Waals surface area contributed by atoms with Crippen molar-refractivity contribution in [2.45, 2.75) is 408 Å². The molecule has 0 saturated carbocycles. The molecular formula is C90H155NO13. The number of amides is 1. The molecule has 104 heavy (non-hydrogen) atoms. The number of carbonyl (C=O) groups is 1. The monoisotopic (exact) mass is 1460 g/mol. The summed E-state index contributed by atoms with van der Waals surface area (Å²) in [7, 11) is 0. The van der Waals surface area contributed by atoms with Gasteiger partial charge in [-0.25, -0.2) is 0 Å². The molecule has 2 saturated heterocycles. The van der Waals surface area contributed by atoms with Crippen molar-refractivity contribution in [1.82, 2.24) is 5.32 Å². The Morgan fingerprint density at radius 2 is 0.663 bits per heavy atom. The van der Waals surface area contributed by atoms with Crippen molar-refractivity contribution in [3.63, 3.8) is 0 Å². The first-order valence-corrected chi connectivity index (χ1v) is 42.4. The smallest absolute Gasteiger partial charge is 0.220 e. The molecule has 2 rings (SSSR count). The second-order valence-corrected chi connectivity index (χ2v) is 29.2. The van der Waals surface area contributed by atoms with E-state index in [2.05, 4.69) is 141 Å². The quantitative estimate of drug-likeness (QED) is 0.0204. The minimum absolute atomic E-state index is 0.255. The number of aliphatic hydroxyl groups excluding tert-OH is 8. The lowest BCUT2D eigenvalue weighted by Crippen LogP contribution is -2.65. The first-order valence-electron chi connectivity index (χ1n) is 42.4. The number of unbranched alkanes of at least 4 members (excludes halogenated alkanes) is 37. The molecule has 9 N–H and O–H groups in total. The van der Waals surface area contributed by atoms with Crippen LogP contribution in [-0.2, 0) is 23.7 Å². The van der Waals surface area contributed by atoms with Crippen molar-refractivity contribution in [3.05, 3.63) is 134 Å². The standard InChI is InChI=1S/C90H155NO13/c1-3-5-7-9-11-13-15-17-19-21-23-25-27-29-31-33-35-37-38-39-40-42-44-46-48-50-52-54-56-58-60-62-64-66-68-70-72-74-82(95)91-78(77-101-89-87(100)85(98)88(81(76-93)103-89)104-90-86(99)84(97)83(96)80(75-92)102-90)79(94)73-71-69-67-65-63-61-59-57-55-53-51-49-47-45-43-41-36-34-32-30-28-26-24-22-20-18-16-14-12-10-8-6-4-2/h5,7,11,13,17,19,23,25,29,31,35,37,39-40,44,46,50,52,56,58,71,73,78-81,83-90,92-94,96-100H,3-4,6,8-10,12,14-16,18,20-22,24,26-28,30,32-34,36,38,41-43,45,47-49,51,53-55,57,59-70,72,74-77H2,1-2H3,(H,91,95)/b7-5-,13-11-,19-17-,25-23-,31-29-,37-35-,40-39-,46-44-,52-50-,58-56-,73-71+. The summed E-state index contributed by atoms with van der Waals surface area (Å²) < 4.78 is 22.9. The highest BCUT2D eigenvalue weighted by molar-refractivity contribution is 5.76. The molecule has 12 atom stereocenters. The predicted octanol–water partition coefficient (Wildman–Crippen LogP) is 20.1. The van der Waals surface area contributed by atoms with E-state index in [0.29, 0.717) is 6.42 Å². The van der Waals surface area contributed by atoms with E-state index in [-0.39, 0.29) is 18.9 Å². The first-order chi connectivity index (χ1) is 51.1. The minimum atomic E-state index is -1.80. The van der Waals surface area contributed by atoms with Crippen LogP contribution in [0.25, 0.3) is 0 Å². The van der Waals surface area contributed by atoms with Gasteiger partial charge in [-0.1, -0.05) is 366 Å². The maximum atomic E-state index is 13.4. The maximum Gasteiger partial charge on any atom is 0.220 e. The second-order valence-electron chi connectivity index (χ2n) is 29.2. The average molecular weight is 1460 g/mol. The van der Waals surface area contributed by atoms with Gasteiger partial charge in [-0.15, -0.1) is 0 Å². The average Bonchev–Trinajstić information content (AvgIpc) is 0.790. The third-order valence-corrected chi connectivity index (χ3v) is 19.8. The van der Waals surface area contributed by atoms with Gasteiger partial charge >= 0.3 is 0 Å². The van der Waals surface area contributed by atoms with Gasteiger partial charge in [0.25, 0.3) is 0 Å². The molecule has 0 spiro atoms. The lowest BCUT2D eigenvalue weighted by molar-refractivity contribution is -0.359. The largest absolute Gasteiger partial charge is 0.394 e. The molecule has 14 heteroatoms. The molecule has 0 aliphatic carbocycles. The highest BCUT2D eigenvalue weighted by Gasteiger charge is 2.51. The van der Waals surface area contributed by atoms with Crippen molar-refractivity contribution in [2.24, 2.45) is 0 Å². The van der Waals surface area contributed by atoms with E-state index in [0.717, 1.165) is 122 Å². The van der Waals surface area contributed by atoms with Gasteiger partial charge in [-0.2, -0.15) is 0 Å². The van der Waals surface area contributed by atoms with Crippen molar-refractivity contribution in [3.8, 4) is 0 Å². The first kappa shape index (κ1) is 96.2. The summed E-state index contributed by atoms with van der Waals surface area (Å²) in [5.74, 6) is -0.255. The fourth-order valence-corrected chi connectivity index (χ4v) is 13.2. The van der Waals surface area contributed by atoms with Crippen LogP contribution in [0.2, 0.25) is 0 Å². The molecule has 2 aliphatic rings. The molecule has 0 bridgehead atoms. The zero-order valence-corrected chi connectivity index (χ0v) is 65.7. The number of allylic oxidation sites excluding steroid dienone is 21. The Morgan fingerprint density at radius 1 is 0.356 bits per heavy atom. The lowest BCUT2D eigenvalue weighted by Gasteiger charge is -2.46. The van der Waals surface area contributed by atoms with Crippen LogP contribution in [0.15, 0.2) is 134 Å². The number of hydrogen-bond donors (Lipinski definition) is 9. The van der Waals surface area contributed by atoms with E-state index in [4.69, 9.17) is 18.9 Å². The van der Waals surface area contributed by atoms with Gasteiger partial charge in [0.05, 0.1) is 32.0 Å². The summed E-state index contributed by atoms with van der Waals surface area (Å²) in [6, 6.07) is -0.935. The Bertz CT molecular complexity index is 2270. The van der Waals surface area contributed by atoms with Crippen molar-refractivity contribution >= 4 is 5.91 Å². The third kappa shape index (κ3) is 53.8. The summed E-state index contributed by atoms with van der Waals surface area (Å²) in [5.41, 5.74) is 0. The van der Waals surface area contributed by atoms with E-state index < -0.39 is 86.8 Å². The molecule has 1 amide bonds. The van der Waals surface area contributed by atoms with Gasteiger partial charge in [-0.3, -0.25) is 4.79 Å². The molecule has 2 fully saturated rings. The summed E-state index contributed by atoms with van der Waals surface area (Å²) in [5, 5.41) is 87.8. The van der Waals surface area contributed by atoms with E-state index in [9.17, 15) is 45.6 Å². The molecule has 2 heterocycles. The van der Waals surface area contributed by atoms with Crippen LogP contribution in [-0.4, -0.2) is 140 Å². The van der Waals surface area contributed by atoms with Crippen molar-refractivity contribution < 1.29 is 64.6 Å². The Hall–Kier alpha value is -3.87. The normalized spacial score (nSPS) is 22.2. The molecule has 12 unspecified atom stereocenters.